The Balaban J connectivity index is 1.40. The summed E-state index contributed by atoms with van der Waals surface area (Å²) in [5, 5.41) is 4.08. The monoisotopic (exact) mass is 381 g/mol. The van der Waals surface area contributed by atoms with E-state index in [2.05, 4.69) is 27.6 Å². The van der Waals surface area contributed by atoms with Crippen molar-refractivity contribution in [3.63, 3.8) is 0 Å². The van der Waals surface area contributed by atoms with Gasteiger partial charge in [-0.1, -0.05) is 18.2 Å². The van der Waals surface area contributed by atoms with Crippen LogP contribution >= 0.6 is 0 Å². The van der Waals surface area contributed by atoms with Crippen molar-refractivity contribution in [3.8, 4) is 17.2 Å². The number of carbonyl (C=O) groups is 1. The van der Waals surface area contributed by atoms with Gasteiger partial charge in [0, 0.05) is 17.8 Å². The number of aryl methyl sites for hydroxylation is 1. The summed E-state index contributed by atoms with van der Waals surface area (Å²) >= 11 is 0. The highest BCUT2D eigenvalue weighted by Gasteiger charge is 2.19. The average Bonchev–Trinajstić information content (AvgIpc) is 2.73. The summed E-state index contributed by atoms with van der Waals surface area (Å²) in [6.07, 6.45) is 3.67. The second-order valence-electron chi connectivity index (χ2n) is 6.69. The predicted octanol–water partition coefficient (Wildman–Crippen LogP) is 2.37. The SMILES string of the molecule is COc1cc(/C=N\NC(=O)CN2CCCc3ccccc32)cc2c1OCCO2. The molecule has 2 aromatic carbocycles. The van der Waals surface area contributed by atoms with Crippen molar-refractivity contribution in [1.29, 1.82) is 0 Å². The molecule has 2 heterocycles. The third-order valence-corrected chi connectivity index (χ3v) is 4.79. The zero-order valence-electron chi connectivity index (χ0n) is 15.8. The maximum absolute atomic E-state index is 12.3. The highest BCUT2D eigenvalue weighted by molar-refractivity contribution is 5.86. The molecule has 0 aromatic heterocycles. The fourth-order valence-electron chi connectivity index (χ4n) is 3.53. The number of ether oxygens (including phenoxy) is 3. The van der Waals surface area contributed by atoms with Crippen molar-refractivity contribution in [3.05, 3.63) is 47.5 Å². The van der Waals surface area contributed by atoms with E-state index in [1.807, 2.05) is 18.2 Å². The van der Waals surface area contributed by atoms with Gasteiger partial charge in [-0.15, -0.1) is 0 Å². The number of amides is 1. The maximum Gasteiger partial charge on any atom is 0.259 e. The summed E-state index contributed by atoms with van der Waals surface area (Å²) in [7, 11) is 1.58. The van der Waals surface area contributed by atoms with E-state index < -0.39 is 0 Å². The van der Waals surface area contributed by atoms with Gasteiger partial charge in [0.15, 0.2) is 11.5 Å². The van der Waals surface area contributed by atoms with Gasteiger partial charge in [0.05, 0.1) is 19.9 Å². The summed E-state index contributed by atoms with van der Waals surface area (Å²) in [6.45, 7) is 2.13. The first-order valence-electron chi connectivity index (χ1n) is 9.37. The summed E-state index contributed by atoms with van der Waals surface area (Å²) in [5.74, 6) is 1.63. The lowest BCUT2D eigenvalue weighted by Crippen LogP contribution is -2.38. The normalized spacial score (nSPS) is 15.2. The highest BCUT2D eigenvalue weighted by atomic mass is 16.6. The van der Waals surface area contributed by atoms with Crippen molar-refractivity contribution in [2.24, 2.45) is 5.10 Å². The predicted molar refractivity (Wildman–Crippen MR) is 107 cm³/mol. The standard InChI is InChI=1S/C21H23N3O4/c1-26-18-11-15(12-19-21(18)28-10-9-27-19)13-22-23-20(25)14-24-8-4-6-16-5-2-3-7-17(16)24/h2-3,5,7,11-13H,4,6,8-10,14H2,1H3,(H,23,25)/b22-13-. The molecule has 146 valence electrons. The molecule has 1 amide bonds. The quantitative estimate of drug-likeness (QED) is 0.636. The van der Waals surface area contributed by atoms with E-state index >= 15 is 0 Å². The van der Waals surface area contributed by atoms with Crippen LogP contribution < -0.4 is 24.5 Å². The average molecular weight is 381 g/mol. The number of nitrogens with zero attached hydrogens (tertiary/aromatic N) is 2. The minimum Gasteiger partial charge on any atom is -0.493 e. The number of hydrogen-bond acceptors (Lipinski definition) is 6. The summed E-state index contributed by atoms with van der Waals surface area (Å²) in [5.41, 5.74) is 5.77. The number of carbonyl (C=O) groups excluding carboxylic acids is 1. The van der Waals surface area contributed by atoms with E-state index in [0.29, 0.717) is 30.5 Å². The first-order chi connectivity index (χ1) is 13.7. The number of hydrazone groups is 1. The van der Waals surface area contributed by atoms with Crippen molar-refractivity contribution >= 4 is 17.8 Å². The van der Waals surface area contributed by atoms with Crippen molar-refractivity contribution < 1.29 is 19.0 Å². The zero-order valence-corrected chi connectivity index (χ0v) is 15.8. The number of fused-ring (bicyclic) bond motifs is 2. The highest BCUT2D eigenvalue weighted by Crippen LogP contribution is 2.40. The lowest BCUT2D eigenvalue weighted by molar-refractivity contribution is -0.119. The lowest BCUT2D eigenvalue weighted by atomic mass is 10.0. The third-order valence-electron chi connectivity index (χ3n) is 4.79. The largest absolute Gasteiger partial charge is 0.493 e. The molecule has 28 heavy (non-hydrogen) atoms. The number of rotatable bonds is 5. The van der Waals surface area contributed by atoms with Gasteiger partial charge in [-0.3, -0.25) is 4.79 Å². The van der Waals surface area contributed by atoms with Crippen LogP contribution in [0.5, 0.6) is 17.2 Å². The first-order valence-corrected chi connectivity index (χ1v) is 9.37. The molecule has 2 aliphatic heterocycles. The van der Waals surface area contributed by atoms with Crippen LogP contribution in [0.4, 0.5) is 5.69 Å². The Morgan fingerprint density at radius 1 is 1.29 bits per heavy atom. The van der Waals surface area contributed by atoms with E-state index in [-0.39, 0.29) is 12.5 Å². The van der Waals surface area contributed by atoms with E-state index in [1.54, 1.807) is 19.4 Å². The van der Waals surface area contributed by atoms with Crippen LogP contribution in [0.1, 0.15) is 17.5 Å². The third kappa shape index (κ3) is 3.88. The first kappa shape index (κ1) is 18.2. The van der Waals surface area contributed by atoms with E-state index in [9.17, 15) is 4.79 Å². The Morgan fingerprint density at radius 2 is 2.14 bits per heavy atom. The van der Waals surface area contributed by atoms with Crippen LogP contribution in [0.3, 0.4) is 0 Å². The Labute approximate surface area is 163 Å². The summed E-state index contributed by atoms with van der Waals surface area (Å²) < 4.78 is 16.5. The Bertz CT molecular complexity index is 880. The minimum atomic E-state index is -0.155. The van der Waals surface area contributed by atoms with Crippen molar-refractivity contribution in [1.82, 2.24) is 5.43 Å². The Hall–Kier alpha value is -3.22. The summed E-state index contributed by atoms with van der Waals surface area (Å²) in [6, 6.07) is 11.8. The molecule has 7 heteroatoms. The summed E-state index contributed by atoms with van der Waals surface area (Å²) in [4.78, 5) is 14.4. The van der Waals surface area contributed by atoms with Crippen LogP contribution in [0, 0.1) is 0 Å². The number of benzene rings is 2. The molecule has 0 saturated heterocycles. The molecular formula is C21H23N3O4. The topological polar surface area (TPSA) is 72.4 Å². The fraction of sp³-hybridized carbons (Fsp3) is 0.333. The maximum atomic E-state index is 12.3. The number of hydrogen-bond donors (Lipinski definition) is 1. The molecule has 7 nitrogen and oxygen atoms in total. The van der Waals surface area contributed by atoms with Crippen LogP contribution in [0.2, 0.25) is 0 Å². The second-order valence-corrected chi connectivity index (χ2v) is 6.69. The number of para-hydroxylation sites is 1. The van der Waals surface area contributed by atoms with Crippen molar-refractivity contribution in [2.45, 2.75) is 12.8 Å². The van der Waals surface area contributed by atoms with Gasteiger partial charge >= 0.3 is 0 Å². The number of anilines is 1. The zero-order chi connectivity index (χ0) is 19.3. The molecule has 2 aliphatic rings. The molecule has 0 spiro atoms. The van der Waals surface area contributed by atoms with Gasteiger partial charge < -0.3 is 19.1 Å². The molecule has 0 unspecified atom stereocenters. The molecule has 0 aliphatic carbocycles. The Kier molecular flexibility index (Phi) is 5.32. The van der Waals surface area contributed by atoms with Gasteiger partial charge in [0.1, 0.15) is 13.2 Å². The smallest absolute Gasteiger partial charge is 0.259 e. The minimum absolute atomic E-state index is 0.155. The molecular weight excluding hydrogens is 358 g/mol. The van der Waals surface area contributed by atoms with E-state index in [4.69, 9.17) is 14.2 Å². The van der Waals surface area contributed by atoms with Gasteiger partial charge in [-0.2, -0.15) is 5.10 Å². The fourth-order valence-corrected chi connectivity index (χ4v) is 3.53. The molecule has 0 radical (unpaired) electrons. The molecule has 0 fully saturated rings. The van der Waals surface area contributed by atoms with Crippen LogP contribution in [0.25, 0.3) is 0 Å². The number of methoxy groups -OCH3 is 1. The molecule has 0 saturated carbocycles. The van der Waals surface area contributed by atoms with Crippen LogP contribution in [0.15, 0.2) is 41.5 Å². The molecule has 0 atom stereocenters. The van der Waals surface area contributed by atoms with Gasteiger partial charge in [0.25, 0.3) is 5.91 Å². The molecule has 4 rings (SSSR count). The molecule has 1 N–H and O–H groups in total. The van der Waals surface area contributed by atoms with Crippen LogP contribution in [-0.2, 0) is 11.2 Å². The van der Waals surface area contributed by atoms with Gasteiger partial charge in [0.2, 0.25) is 5.75 Å². The van der Waals surface area contributed by atoms with E-state index in [0.717, 1.165) is 30.6 Å². The number of nitrogens with one attached hydrogen (secondary N) is 1. The lowest BCUT2D eigenvalue weighted by Gasteiger charge is -2.30. The van der Waals surface area contributed by atoms with Gasteiger partial charge in [-0.05, 0) is 36.6 Å². The van der Waals surface area contributed by atoms with E-state index in [1.165, 1.54) is 5.56 Å². The Morgan fingerprint density at radius 3 is 3.04 bits per heavy atom. The second kappa shape index (κ2) is 8.21. The van der Waals surface area contributed by atoms with Crippen LogP contribution in [-0.4, -0.2) is 45.5 Å². The van der Waals surface area contributed by atoms with Gasteiger partial charge in [-0.25, -0.2) is 5.43 Å². The molecule has 0 bridgehead atoms. The van der Waals surface area contributed by atoms with Crippen molar-refractivity contribution in [2.75, 3.05) is 38.3 Å². The molecule has 2 aromatic rings.